The summed E-state index contributed by atoms with van der Waals surface area (Å²) in [6.45, 7) is 8.44. The van der Waals surface area contributed by atoms with Crippen LogP contribution >= 0.6 is 0 Å². The Hall–Kier alpha value is -3.36. The van der Waals surface area contributed by atoms with E-state index in [0.717, 1.165) is 5.69 Å². The van der Waals surface area contributed by atoms with Gasteiger partial charge in [0, 0.05) is 31.5 Å². The van der Waals surface area contributed by atoms with Crippen LogP contribution in [0, 0.1) is 0 Å². The third-order valence-electron chi connectivity index (χ3n) is 5.62. The van der Waals surface area contributed by atoms with E-state index in [1.54, 1.807) is 22.4 Å². The zero-order valence-electron chi connectivity index (χ0n) is 18.9. The number of fused-ring (bicyclic) bond motifs is 3. The van der Waals surface area contributed by atoms with Gasteiger partial charge in [0.15, 0.2) is 0 Å². The fourth-order valence-electron chi connectivity index (χ4n) is 4.10. The van der Waals surface area contributed by atoms with E-state index in [4.69, 9.17) is 9.84 Å². The van der Waals surface area contributed by atoms with E-state index in [2.05, 4.69) is 10.3 Å². The number of anilines is 1. The first-order chi connectivity index (χ1) is 15.2. The number of nitrogens with one attached hydrogen (secondary N) is 2. The minimum Gasteiger partial charge on any atom is -0.444 e. The summed E-state index contributed by atoms with van der Waals surface area (Å²) in [5.74, 6) is -0.0358. The Labute approximate surface area is 185 Å². The molecule has 0 radical (unpaired) electrons. The molecule has 2 N–H and O–H groups in total. The van der Waals surface area contributed by atoms with E-state index in [0.29, 0.717) is 54.6 Å². The maximum absolute atomic E-state index is 12.5. The summed E-state index contributed by atoms with van der Waals surface area (Å²) in [4.78, 5) is 41.5. The Morgan fingerprint density at radius 2 is 1.97 bits per heavy atom. The second kappa shape index (κ2) is 8.29. The van der Waals surface area contributed by atoms with Crippen LogP contribution in [0.2, 0.25) is 0 Å². The monoisotopic (exact) mass is 439 g/mol. The van der Waals surface area contributed by atoms with Crippen molar-refractivity contribution in [2.75, 3.05) is 18.4 Å². The van der Waals surface area contributed by atoms with Crippen molar-refractivity contribution in [1.82, 2.24) is 19.5 Å². The predicted molar refractivity (Wildman–Crippen MR) is 122 cm³/mol. The Morgan fingerprint density at radius 3 is 2.62 bits per heavy atom. The summed E-state index contributed by atoms with van der Waals surface area (Å²) in [5, 5.41) is 8.32. The molecule has 0 atom stereocenters. The number of amides is 2. The van der Waals surface area contributed by atoms with Crippen LogP contribution in [0.25, 0.3) is 16.6 Å². The lowest BCUT2D eigenvalue weighted by molar-refractivity contribution is -0.115. The summed E-state index contributed by atoms with van der Waals surface area (Å²) in [6.07, 6.45) is 1.45. The van der Waals surface area contributed by atoms with E-state index in [1.165, 1.54) is 0 Å². The summed E-state index contributed by atoms with van der Waals surface area (Å²) in [7, 11) is 0. The van der Waals surface area contributed by atoms with Crippen LogP contribution in [-0.2, 0) is 9.53 Å². The number of hydrogen-bond acceptors (Lipinski definition) is 5. The Balaban J connectivity index is 1.67. The molecular formula is C23H29N5O4. The molecule has 3 heterocycles. The molecular weight excluding hydrogens is 410 g/mol. The van der Waals surface area contributed by atoms with Gasteiger partial charge in [0.2, 0.25) is 5.91 Å². The van der Waals surface area contributed by atoms with Gasteiger partial charge in [-0.3, -0.25) is 9.59 Å². The first-order valence-electron chi connectivity index (χ1n) is 11.0. The number of nitrogens with zero attached hydrogens (tertiary/aromatic N) is 3. The van der Waals surface area contributed by atoms with Crippen molar-refractivity contribution in [3.05, 3.63) is 40.3 Å². The Bertz CT molecular complexity index is 1230. The normalized spacial score (nSPS) is 15.3. The van der Waals surface area contributed by atoms with Gasteiger partial charge in [-0.25, -0.2) is 9.31 Å². The molecule has 0 aliphatic carbocycles. The van der Waals surface area contributed by atoms with Gasteiger partial charge in [0.05, 0.1) is 22.3 Å². The molecule has 9 nitrogen and oxygen atoms in total. The number of rotatable bonds is 3. The number of H-pyrrole nitrogens is 1. The number of carbonyl (C=O) groups is 2. The third kappa shape index (κ3) is 4.32. The fourth-order valence-corrected chi connectivity index (χ4v) is 4.10. The largest absolute Gasteiger partial charge is 0.444 e. The number of likely N-dealkylation sites (tertiary alicyclic amines) is 1. The van der Waals surface area contributed by atoms with Crippen molar-refractivity contribution < 1.29 is 14.3 Å². The van der Waals surface area contributed by atoms with Crippen molar-refractivity contribution in [2.45, 2.75) is 58.5 Å². The Kier molecular flexibility index (Phi) is 5.66. The predicted octanol–water partition coefficient (Wildman–Crippen LogP) is 3.64. The average Bonchev–Trinajstić information content (AvgIpc) is 3.11. The summed E-state index contributed by atoms with van der Waals surface area (Å²) < 4.78 is 7.25. The van der Waals surface area contributed by atoms with Crippen LogP contribution in [0.5, 0.6) is 0 Å². The van der Waals surface area contributed by atoms with Crippen molar-refractivity contribution in [2.24, 2.45) is 0 Å². The lowest BCUT2D eigenvalue weighted by Gasteiger charge is -2.33. The van der Waals surface area contributed by atoms with Crippen molar-refractivity contribution in [3.8, 4) is 0 Å². The first-order valence-corrected chi connectivity index (χ1v) is 11.0. The van der Waals surface area contributed by atoms with E-state index >= 15 is 0 Å². The lowest BCUT2D eigenvalue weighted by Crippen LogP contribution is -2.41. The molecule has 2 aromatic heterocycles. The molecule has 1 aliphatic rings. The van der Waals surface area contributed by atoms with Gasteiger partial charge in [0.1, 0.15) is 11.2 Å². The molecule has 0 saturated carbocycles. The van der Waals surface area contributed by atoms with Gasteiger partial charge in [-0.2, -0.15) is 5.10 Å². The van der Waals surface area contributed by atoms with Gasteiger partial charge in [-0.1, -0.05) is 13.0 Å². The molecule has 4 rings (SSSR count). The van der Waals surface area contributed by atoms with Crippen LogP contribution < -0.4 is 10.9 Å². The number of aromatic nitrogens is 3. The minimum atomic E-state index is -0.535. The fraction of sp³-hybridized carbons (Fsp3) is 0.478. The molecule has 0 spiro atoms. The number of carbonyl (C=O) groups excluding carboxylic acids is 2. The number of benzene rings is 1. The number of ether oxygens (including phenoxy) is 1. The minimum absolute atomic E-state index is 0.0708. The molecule has 0 unspecified atom stereocenters. The molecule has 170 valence electrons. The van der Waals surface area contributed by atoms with Gasteiger partial charge >= 0.3 is 6.09 Å². The van der Waals surface area contributed by atoms with E-state index in [-0.39, 0.29) is 23.5 Å². The average molecular weight is 440 g/mol. The molecule has 2 amide bonds. The molecule has 9 heteroatoms. The number of hydrogen-bond donors (Lipinski definition) is 2. The topological polar surface area (TPSA) is 109 Å². The summed E-state index contributed by atoms with van der Waals surface area (Å²) in [6, 6.07) is 7.08. The van der Waals surface area contributed by atoms with Crippen LogP contribution in [0.15, 0.2) is 29.1 Å². The molecule has 1 aromatic carbocycles. The maximum atomic E-state index is 12.5. The van der Waals surface area contributed by atoms with Crippen LogP contribution in [0.4, 0.5) is 10.5 Å². The third-order valence-corrected chi connectivity index (χ3v) is 5.62. The molecule has 1 saturated heterocycles. The van der Waals surface area contributed by atoms with Crippen LogP contribution in [-0.4, -0.2) is 50.2 Å². The van der Waals surface area contributed by atoms with Gasteiger partial charge in [0.25, 0.3) is 5.56 Å². The summed E-state index contributed by atoms with van der Waals surface area (Å²) in [5.41, 5.74) is 1.92. The van der Waals surface area contributed by atoms with E-state index in [9.17, 15) is 14.4 Å². The smallest absolute Gasteiger partial charge is 0.410 e. The van der Waals surface area contributed by atoms with Crippen molar-refractivity contribution in [3.63, 3.8) is 0 Å². The van der Waals surface area contributed by atoms with E-state index < -0.39 is 5.60 Å². The lowest BCUT2D eigenvalue weighted by atomic mass is 9.93. The molecule has 3 aromatic rings. The second-order valence-electron chi connectivity index (χ2n) is 9.16. The number of aromatic amines is 1. The quantitative estimate of drug-likeness (QED) is 0.648. The van der Waals surface area contributed by atoms with Crippen LogP contribution in [0.3, 0.4) is 0 Å². The molecule has 1 aliphatic heterocycles. The zero-order chi connectivity index (χ0) is 23.0. The first kappa shape index (κ1) is 21.9. The molecule has 0 bridgehead atoms. The number of piperidine rings is 1. The summed E-state index contributed by atoms with van der Waals surface area (Å²) >= 11 is 0. The van der Waals surface area contributed by atoms with Gasteiger partial charge in [-0.15, -0.1) is 0 Å². The highest BCUT2D eigenvalue weighted by atomic mass is 16.6. The highest BCUT2D eigenvalue weighted by molar-refractivity contribution is 6.07. The van der Waals surface area contributed by atoms with Crippen molar-refractivity contribution >= 4 is 34.2 Å². The maximum Gasteiger partial charge on any atom is 0.410 e. The highest BCUT2D eigenvalue weighted by Crippen LogP contribution is 2.32. The van der Waals surface area contributed by atoms with Gasteiger partial charge in [-0.05, 0) is 45.7 Å². The standard InChI is InChI=1S/C23H29N5O4/c1-5-18(29)24-15-7-6-8-16-20(15)21-25-19(30)13-17(28(21)26-16)14-9-11-27(12-10-14)22(31)32-23(2,3)4/h6-8,13-14H,5,9-12H2,1-4H3,(H,24,29)(H,25,30). The molecule has 1 fully saturated rings. The Morgan fingerprint density at radius 1 is 1.25 bits per heavy atom. The second-order valence-corrected chi connectivity index (χ2v) is 9.16. The van der Waals surface area contributed by atoms with Gasteiger partial charge < -0.3 is 19.9 Å². The molecule has 32 heavy (non-hydrogen) atoms. The highest BCUT2D eigenvalue weighted by Gasteiger charge is 2.29. The van der Waals surface area contributed by atoms with Crippen LogP contribution in [0.1, 0.15) is 58.6 Å². The SMILES string of the molecule is CCC(=O)Nc1cccc2nn3c(C4CCN(C(=O)OC(C)(C)C)CC4)cc(=O)[nH]c3c12. The van der Waals surface area contributed by atoms with E-state index in [1.807, 2.05) is 39.0 Å². The zero-order valence-corrected chi connectivity index (χ0v) is 18.9. The van der Waals surface area contributed by atoms with Crippen molar-refractivity contribution in [1.29, 1.82) is 0 Å².